The van der Waals surface area contributed by atoms with Crippen LogP contribution in [0.4, 0.5) is 10.1 Å². The lowest BCUT2D eigenvalue weighted by Gasteiger charge is -2.28. The zero-order chi connectivity index (χ0) is 19.6. The maximum atomic E-state index is 13.5. The van der Waals surface area contributed by atoms with E-state index in [0.717, 1.165) is 6.07 Å². The number of hydrogen-bond donors (Lipinski definition) is 2. The second-order valence-corrected chi connectivity index (χ2v) is 8.59. The number of carbonyl (C=O) groups is 1. The Morgan fingerprint density at radius 2 is 1.89 bits per heavy atom. The Labute approximate surface area is 161 Å². The lowest BCUT2D eigenvalue weighted by atomic mass is 10.1. The molecule has 2 N–H and O–H groups in total. The fourth-order valence-corrected chi connectivity index (χ4v) is 4.44. The largest absolute Gasteiger partial charge is 0.393 e. The molecule has 0 bridgehead atoms. The first kappa shape index (κ1) is 19.8. The summed E-state index contributed by atoms with van der Waals surface area (Å²) in [5.74, 6) is -1.24. The number of sulfonamides is 1. The highest BCUT2D eigenvalue weighted by Crippen LogP contribution is 2.23. The van der Waals surface area contributed by atoms with Gasteiger partial charge >= 0.3 is 0 Å². The molecule has 2 aromatic rings. The Bertz CT molecular complexity index is 960. The van der Waals surface area contributed by atoms with E-state index in [1.165, 1.54) is 40.7 Å². The molecule has 0 radical (unpaired) electrons. The molecular formula is C18H18ClFN2O4S. The predicted octanol–water partition coefficient (Wildman–Crippen LogP) is 2.88. The number of nitrogens with one attached hydrogen (secondary N) is 1. The summed E-state index contributed by atoms with van der Waals surface area (Å²) in [7, 11) is -3.76. The second-order valence-electron chi connectivity index (χ2n) is 6.25. The minimum atomic E-state index is -3.76. The summed E-state index contributed by atoms with van der Waals surface area (Å²) in [5.41, 5.74) is 0.337. The monoisotopic (exact) mass is 412 g/mol. The summed E-state index contributed by atoms with van der Waals surface area (Å²) in [6.07, 6.45) is 0.261. The van der Waals surface area contributed by atoms with E-state index in [2.05, 4.69) is 5.32 Å². The zero-order valence-corrected chi connectivity index (χ0v) is 15.8. The van der Waals surface area contributed by atoms with Crippen LogP contribution < -0.4 is 5.32 Å². The first-order valence-corrected chi connectivity index (χ1v) is 10.1. The highest BCUT2D eigenvalue weighted by molar-refractivity contribution is 7.89. The van der Waals surface area contributed by atoms with E-state index >= 15 is 0 Å². The number of anilines is 1. The molecule has 0 unspecified atom stereocenters. The van der Waals surface area contributed by atoms with Crippen molar-refractivity contribution in [3.63, 3.8) is 0 Å². The van der Waals surface area contributed by atoms with Gasteiger partial charge in [0, 0.05) is 24.3 Å². The zero-order valence-electron chi connectivity index (χ0n) is 14.2. The first-order chi connectivity index (χ1) is 12.8. The van der Waals surface area contributed by atoms with Crippen LogP contribution in [-0.4, -0.2) is 42.9 Å². The molecule has 1 saturated heterocycles. The number of amides is 1. The van der Waals surface area contributed by atoms with Gasteiger partial charge in [-0.05, 0) is 49.2 Å². The van der Waals surface area contributed by atoms with Crippen LogP contribution in [0, 0.1) is 5.82 Å². The van der Waals surface area contributed by atoms with Crippen molar-refractivity contribution in [1.29, 1.82) is 0 Å². The van der Waals surface area contributed by atoms with Crippen molar-refractivity contribution in [1.82, 2.24) is 4.31 Å². The maximum absolute atomic E-state index is 13.5. The Kier molecular flexibility index (Phi) is 5.81. The average molecular weight is 413 g/mol. The fourth-order valence-electron chi connectivity index (χ4n) is 2.81. The van der Waals surface area contributed by atoms with E-state index in [9.17, 15) is 22.7 Å². The topological polar surface area (TPSA) is 86.7 Å². The Morgan fingerprint density at radius 3 is 2.56 bits per heavy atom. The van der Waals surface area contributed by atoms with Gasteiger partial charge in [-0.2, -0.15) is 4.31 Å². The van der Waals surface area contributed by atoms with Crippen LogP contribution in [0.2, 0.25) is 5.02 Å². The predicted molar refractivity (Wildman–Crippen MR) is 99.8 cm³/mol. The normalized spacial score (nSPS) is 16.3. The van der Waals surface area contributed by atoms with Crippen molar-refractivity contribution >= 4 is 33.2 Å². The number of rotatable bonds is 4. The number of hydrogen-bond acceptors (Lipinski definition) is 4. The molecule has 1 heterocycles. The third kappa shape index (κ3) is 4.47. The smallest absolute Gasteiger partial charge is 0.255 e. The third-order valence-electron chi connectivity index (χ3n) is 4.33. The summed E-state index contributed by atoms with van der Waals surface area (Å²) < 4.78 is 40.3. The molecule has 0 aromatic heterocycles. The molecule has 0 saturated carbocycles. The van der Waals surface area contributed by atoms with Crippen LogP contribution >= 0.6 is 11.6 Å². The quantitative estimate of drug-likeness (QED) is 0.808. The molecule has 0 spiro atoms. The van der Waals surface area contributed by atoms with Crippen LogP contribution in [0.25, 0.3) is 0 Å². The van der Waals surface area contributed by atoms with E-state index in [0.29, 0.717) is 12.8 Å². The van der Waals surface area contributed by atoms with Crippen molar-refractivity contribution < 1.29 is 22.7 Å². The summed E-state index contributed by atoms with van der Waals surface area (Å²) in [5, 5.41) is 12.0. The number of aliphatic hydroxyl groups excluding tert-OH is 1. The number of nitrogens with zero attached hydrogens (tertiary/aromatic N) is 1. The van der Waals surface area contributed by atoms with Gasteiger partial charge in [-0.3, -0.25) is 4.79 Å². The van der Waals surface area contributed by atoms with Crippen molar-refractivity contribution in [2.24, 2.45) is 0 Å². The van der Waals surface area contributed by atoms with E-state index in [4.69, 9.17) is 11.6 Å². The molecule has 1 aliphatic rings. The fraction of sp³-hybridized carbons (Fsp3) is 0.278. The summed E-state index contributed by atoms with van der Waals surface area (Å²) in [4.78, 5) is 12.4. The van der Waals surface area contributed by atoms with Gasteiger partial charge in [-0.15, -0.1) is 0 Å². The van der Waals surface area contributed by atoms with Crippen molar-refractivity contribution in [2.75, 3.05) is 18.4 Å². The van der Waals surface area contributed by atoms with Crippen molar-refractivity contribution in [2.45, 2.75) is 23.8 Å². The Morgan fingerprint density at radius 1 is 1.19 bits per heavy atom. The van der Waals surface area contributed by atoms with Gasteiger partial charge in [0.1, 0.15) is 5.82 Å². The molecule has 144 valence electrons. The number of benzene rings is 2. The van der Waals surface area contributed by atoms with E-state index < -0.39 is 27.9 Å². The van der Waals surface area contributed by atoms with Gasteiger partial charge in [-0.25, -0.2) is 12.8 Å². The molecule has 1 aliphatic heterocycles. The molecule has 3 rings (SSSR count). The Balaban J connectivity index is 1.80. The number of piperidine rings is 1. The number of halogens is 2. The summed E-state index contributed by atoms with van der Waals surface area (Å²) in [6.45, 7) is 0.452. The first-order valence-electron chi connectivity index (χ1n) is 8.32. The molecule has 6 nitrogen and oxygen atoms in total. The van der Waals surface area contributed by atoms with Crippen molar-refractivity contribution in [3.8, 4) is 0 Å². The molecular weight excluding hydrogens is 395 g/mol. The molecule has 9 heteroatoms. The van der Waals surface area contributed by atoms with Gasteiger partial charge in [0.15, 0.2) is 0 Å². The van der Waals surface area contributed by atoms with E-state index in [1.807, 2.05) is 0 Å². The second kappa shape index (κ2) is 7.93. The van der Waals surface area contributed by atoms with Crippen LogP contribution in [0.5, 0.6) is 0 Å². The van der Waals surface area contributed by atoms with Crippen LogP contribution in [0.3, 0.4) is 0 Å². The van der Waals surface area contributed by atoms with Crippen LogP contribution in [-0.2, 0) is 10.0 Å². The molecule has 27 heavy (non-hydrogen) atoms. The molecule has 2 aromatic carbocycles. The molecule has 0 aliphatic carbocycles. The van der Waals surface area contributed by atoms with Gasteiger partial charge in [-0.1, -0.05) is 17.7 Å². The Hall–Kier alpha value is -2.00. The highest BCUT2D eigenvalue weighted by atomic mass is 35.5. The van der Waals surface area contributed by atoms with Crippen LogP contribution in [0.15, 0.2) is 47.4 Å². The third-order valence-corrected chi connectivity index (χ3v) is 6.54. The molecule has 1 fully saturated rings. The van der Waals surface area contributed by atoms with Gasteiger partial charge < -0.3 is 10.4 Å². The molecule has 0 atom stereocenters. The standard InChI is InChI=1S/C18H18ClFN2O4S/c19-16-5-4-13(11-17(16)20)21-18(24)12-2-1-3-15(10-12)27(25,26)22-8-6-14(23)7-9-22/h1-5,10-11,14,23H,6-9H2,(H,21,24). The SMILES string of the molecule is O=C(Nc1ccc(Cl)c(F)c1)c1cccc(S(=O)(=O)N2CCC(O)CC2)c1. The van der Waals surface area contributed by atoms with E-state index in [-0.39, 0.29) is 34.3 Å². The minimum absolute atomic E-state index is 0.00572. The van der Waals surface area contributed by atoms with Crippen molar-refractivity contribution in [3.05, 3.63) is 58.9 Å². The highest BCUT2D eigenvalue weighted by Gasteiger charge is 2.29. The lowest BCUT2D eigenvalue weighted by molar-refractivity contribution is 0.102. The number of carbonyl (C=O) groups excluding carboxylic acids is 1. The number of aliphatic hydroxyl groups is 1. The van der Waals surface area contributed by atoms with Gasteiger partial charge in [0.2, 0.25) is 10.0 Å². The maximum Gasteiger partial charge on any atom is 0.255 e. The van der Waals surface area contributed by atoms with Gasteiger partial charge in [0.05, 0.1) is 16.0 Å². The van der Waals surface area contributed by atoms with E-state index in [1.54, 1.807) is 0 Å². The van der Waals surface area contributed by atoms with Gasteiger partial charge in [0.25, 0.3) is 5.91 Å². The minimum Gasteiger partial charge on any atom is -0.393 e. The van der Waals surface area contributed by atoms with Crippen LogP contribution in [0.1, 0.15) is 23.2 Å². The lowest BCUT2D eigenvalue weighted by Crippen LogP contribution is -2.40. The molecule has 1 amide bonds. The summed E-state index contributed by atoms with van der Waals surface area (Å²) in [6, 6.07) is 9.49. The summed E-state index contributed by atoms with van der Waals surface area (Å²) >= 11 is 5.61. The average Bonchev–Trinajstić information content (AvgIpc) is 2.65.